The van der Waals surface area contributed by atoms with Crippen molar-refractivity contribution < 1.29 is 14.3 Å². The maximum atomic E-state index is 12.3. The van der Waals surface area contributed by atoms with Crippen molar-refractivity contribution in [2.75, 3.05) is 19.7 Å². The predicted molar refractivity (Wildman–Crippen MR) is 164 cm³/mol. The highest BCUT2D eigenvalue weighted by molar-refractivity contribution is 8.14. The van der Waals surface area contributed by atoms with Gasteiger partial charge in [0.05, 0.1) is 30.5 Å². The van der Waals surface area contributed by atoms with Gasteiger partial charge in [-0.1, -0.05) is 109 Å². The molecule has 41 heavy (non-hydrogen) atoms. The first-order valence-corrected chi connectivity index (χ1v) is 14.9. The smallest absolute Gasteiger partial charge is 0.341 e. The molecule has 4 aromatic rings. The van der Waals surface area contributed by atoms with Crippen molar-refractivity contribution in [3.8, 4) is 0 Å². The second-order valence-electron chi connectivity index (χ2n) is 10.1. The van der Waals surface area contributed by atoms with E-state index in [1.807, 2.05) is 0 Å². The van der Waals surface area contributed by atoms with E-state index in [4.69, 9.17) is 4.74 Å². The van der Waals surface area contributed by atoms with E-state index in [0.29, 0.717) is 25.3 Å². The Kier molecular flexibility index (Phi) is 9.17. The first kappa shape index (κ1) is 28.6. The maximum absolute atomic E-state index is 12.3. The highest BCUT2D eigenvalue weighted by atomic mass is 32.2. The molecule has 210 valence electrons. The highest BCUT2D eigenvalue weighted by Gasteiger charge is 2.44. The molecule has 0 N–H and O–H groups in total. The van der Waals surface area contributed by atoms with Crippen LogP contribution < -0.4 is 0 Å². The third-order valence-corrected chi connectivity index (χ3v) is 8.65. The Morgan fingerprint density at radius 1 is 0.951 bits per heavy atom. The van der Waals surface area contributed by atoms with E-state index in [-0.39, 0.29) is 16.3 Å². The summed E-state index contributed by atoms with van der Waals surface area (Å²) in [7, 11) is 0. The van der Waals surface area contributed by atoms with Gasteiger partial charge in [0.25, 0.3) is 0 Å². The van der Waals surface area contributed by atoms with Crippen LogP contribution in [0.1, 0.15) is 47.3 Å². The zero-order valence-corrected chi connectivity index (χ0v) is 24.3. The molecule has 1 aromatic heterocycles. The van der Waals surface area contributed by atoms with Gasteiger partial charge >= 0.3 is 5.97 Å². The fraction of sp³-hybridized carbons (Fsp3) is 0.265. The van der Waals surface area contributed by atoms with Crippen molar-refractivity contribution in [1.82, 2.24) is 14.7 Å². The lowest BCUT2D eigenvalue weighted by atomic mass is 9.74. The zero-order chi connectivity index (χ0) is 28.7. The molecule has 5 rings (SSSR count). The lowest BCUT2D eigenvalue weighted by molar-refractivity contribution is -0.109. The lowest BCUT2D eigenvalue weighted by Crippen LogP contribution is -2.52. The molecule has 1 fully saturated rings. The molecule has 0 aliphatic carbocycles. The van der Waals surface area contributed by atoms with Gasteiger partial charge in [-0.2, -0.15) is 5.10 Å². The summed E-state index contributed by atoms with van der Waals surface area (Å²) in [6.45, 7) is 5.72. The van der Waals surface area contributed by atoms with Crippen molar-refractivity contribution in [1.29, 1.82) is 0 Å². The van der Waals surface area contributed by atoms with E-state index in [1.165, 1.54) is 40.2 Å². The van der Waals surface area contributed by atoms with Crippen molar-refractivity contribution in [2.24, 2.45) is 0 Å². The number of rotatable bonds is 9. The van der Waals surface area contributed by atoms with E-state index in [1.54, 1.807) is 24.7 Å². The van der Waals surface area contributed by atoms with E-state index in [2.05, 4.69) is 107 Å². The van der Waals surface area contributed by atoms with E-state index >= 15 is 0 Å². The van der Waals surface area contributed by atoms with Gasteiger partial charge in [-0.3, -0.25) is 14.4 Å². The largest absolute Gasteiger partial charge is 0.462 e. The quantitative estimate of drug-likeness (QED) is 0.134. The Labute approximate surface area is 246 Å². The Balaban J connectivity index is 1.57. The van der Waals surface area contributed by atoms with Crippen LogP contribution >= 0.6 is 11.8 Å². The molecule has 7 heteroatoms. The molecule has 0 spiro atoms. The Bertz CT molecular complexity index is 1390. The predicted octanol–water partition coefficient (Wildman–Crippen LogP) is 6.33. The number of carbonyl (C=O) groups excluding carboxylic acids is 2. The summed E-state index contributed by atoms with van der Waals surface area (Å²) in [4.78, 5) is 27.0. The molecule has 0 radical (unpaired) electrons. The average Bonchev–Trinajstić information content (AvgIpc) is 3.48. The van der Waals surface area contributed by atoms with E-state index < -0.39 is 5.54 Å². The number of nitrogens with zero attached hydrogens (tertiary/aromatic N) is 3. The number of aromatic nitrogens is 2. The molecule has 2 heterocycles. The molecule has 1 atom stereocenters. The van der Waals surface area contributed by atoms with Gasteiger partial charge in [-0.05, 0) is 35.6 Å². The van der Waals surface area contributed by atoms with Crippen LogP contribution in [0.15, 0.2) is 115 Å². The molecule has 0 amide bonds. The minimum atomic E-state index is -0.530. The van der Waals surface area contributed by atoms with Gasteiger partial charge in [0.2, 0.25) is 0 Å². The summed E-state index contributed by atoms with van der Waals surface area (Å²) < 4.78 is 6.86. The first-order valence-electron chi connectivity index (χ1n) is 14.0. The van der Waals surface area contributed by atoms with Crippen molar-refractivity contribution in [3.05, 3.63) is 137 Å². The van der Waals surface area contributed by atoms with Crippen LogP contribution in [0.3, 0.4) is 0 Å². The fourth-order valence-corrected chi connectivity index (χ4v) is 6.70. The second kappa shape index (κ2) is 13.1. The number of benzene rings is 3. The van der Waals surface area contributed by atoms with Crippen LogP contribution in [0, 0.1) is 0 Å². The van der Waals surface area contributed by atoms with Crippen molar-refractivity contribution in [2.45, 2.75) is 37.6 Å². The topological polar surface area (TPSA) is 64.4 Å². The number of hydrogen-bond donors (Lipinski definition) is 0. The summed E-state index contributed by atoms with van der Waals surface area (Å²) in [5, 5.41) is 4.57. The van der Waals surface area contributed by atoms with Crippen LogP contribution in [0.5, 0.6) is 0 Å². The van der Waals surface area contributed by atoms with Crippen LogP contribution in [-0.4, -0.2) is 50.7 Å². The number of ether oxygens (including phenoxy) is 1. The molecule has 1 saturated heterocycles. The van der Waals surface area contributed by atoms with Gasteiger partial charge in [0, 0.05) is 31.5 Å². The third kappa shape index (κ3) is 6.21. The second-order valence-corrected chi connectivity index (χ2v) is 11.4. The first-order chi connectivity index (χ1) is 20.0. The molecule has 3 aromatic carbocycles. The van der Waals surface area contributed by atoms with Crippen LogP contribution in [0.25, 0.3) is 0 Å². The van der Waals surface area contributed by atoms with Crippen molar-refractivity contribution in [3.63, 3.8) is 0 Å². The third-order valence-electron chi connectivity index (χ3n) is 7.49. The Hall–Kier alpha value is -3.94. The summed E-state index contributed by atoms with van der Waals surface area (Å²) in [6, 6.07) is 32.0. The van der Waals surface area contributed by atoms with Gasteiger partial charge in [-0.25, -0.2) is 4.79 Å². The average molecular weight is 566 g/mol. The normalized spacial score (nSPS) is 16.9. The van der Waals surface area contributed by atoms with Crippen LogP contribution in [0.2, 0.25) is 0 Å². The van der Waals surface area contributed by atoms with Crippen molar-refractivity contribution >= 4 is 22.8 Å². The Morgan fingerprint density at radius 2 is 1.51 bits per heavy atom. The number of allylic oxidation sites excluding steroid dienone is 1. The lowest BCUT2D eigenvalue weighted by Gasteiger charge is -2.49. The SMILES string of the molecule is CCOC(=O)c1cnn(C/C=C2\CN(C(c3ccccc3)(c3ccccc3)c3ccccc3)CCC2SC(C)=O)c1. The number of carbonyl (C=O) groups is 2. The summed E-state index contributed by atoms with van der Waals surface area (Å²) in [5.41, 5.74) is 4.66. The summed E-state index contributed by atoms with van der Waals surface area (Å²) >= 11 is 1.40. The van der Waals surface area contributed by atoms with E-state index in [0.717, 1.165) is 13.0 Å². The number of esters is 1. The zero-order valence-electron chi connectivity index (χ0n) is 23.5. The monoisotopic (exact) mass is 565 g/mol. The molecule has 1 aliphatic heterocycles. The number of thioether (sulfide) groups is 1. The number of likely N-dealkylation sites (tertiary alicyclic amines) is 1. The molecular weight excluding hydrogens is 530 g/mol. The van der Waals surface area contributed by atoms with E-state index in [9.17, 15) is 9.59 Å². The number of hydrogen-bond acceptors (Lipinski definition) is 6. The highest BCUT2D eigenvalue weighted by Crippen LogP contribution is 2.45. The molecule has 6 nitrogen and oxygen atoms in total. The summed E-state index contributed by atoms with van der Waals surface area (Å²) in [5.74, 6) is -0.376. The minimum Gasteiger partial charge on any atom is -0.462 e. The Morgan fingerprint density at radius 3 is 2.02 bits per heavy atom. The standard InChI is InChI=1S/C34H35N3O3S/c1-3-40-33(39)28-23-35-37(25-28)22-19-27-24-36(21-20-32(27)41-26(2)38)34(29-13-7-4-8-14-29,30-15-9-5-10-16-30)31-17-11-6-12-18-31/h4-19,23,25,32H,3,20-22,24H2,1-2H3/b27-19+. The van der Waals surface area contributed by atoms with Gasteiger partial charge in [-0.15, -0.1) is 0 Å². The maximum Gasteiger partial charge on any atom is 0.341 e. The van der Waals surface area contributed by atoms with Gasteiger partial charge in [0.15, 0.2) is 5.12 Å². The van der Waals surface area contributed by atoms with Crippen LogP contribution in [0.4, 0.5) is 0 Å². The molecule has 0 saturated carbocycles. The van der Waals surface area contributed by atoms with Crippen LogP contribution in [-0.2, 0) is 21.6 Å². The molecular formula is C34H35N3O3S. The fourth-order valence-electron chi connectivity index (χ4n) is 5.76. The minimum absolute atomic E-state index is 0.0730. The van der Waals surface area contributed by atoms with Gasteiger partial charge in [0.1, 0.15) is 0 Å². The van der Waals surface area contributed by atoms with Gasteiger partial charge < -0.3 is 4.74 Å². The summed E-state index contributed by atoms with van der Waals surface area (Å²) in [6.07, 6.45) is 6.25. The molecule has 1 unspecified atom stereocenters. The molecule has 1 aliphatic rings. The number of piperidine rings is 1. The molecule has 0 bridgehead atoms.